The highest BCUT2D eigenvalue weighted by Gasteiger charge is 2.09. The van der Waals surface area contributed by atoms with E-state index in [1.165, 1.54) is 7.11 Å². The lowest BCUT2D eigenvalue weighted by Crippen LogP contribution is -2.14. The van der Waals surface area contributed by atoms with Crippen LogP contribution in [0.1, 0.15) is 23.0 Å². The maximum absolute atomic E-state index is 11.8. The number of carbonyl (C=O) groups excluding carboxylic acids is 1. The van der Waals surface area contributed by atoms with Crippen LogP contribution >= 0.6 is 0 Å². The Morgan fingerprint density at radius 1 is 1.35 bits per heavy atom. The fourth-order valence-corrected chi connectivity index (χ4v) is 1.75. The molecule has 0 spiro atoms. The van der Waals surface area contributed by atoms with Crippen LogP contribution in [0.4, 0.5) is 0 Å². The number of hydrogen-bond donors (Lipinski definition) is 1. The number of rotatable bonds is 2. The highest BCUT2D eigenvalue weighted by atomic mass is 16.5. The zero-order valence-electron chi connectivity index (χ0n) is 9.74. The van der Waals surface area contributed by atoms with Crippen molar-refractivity contribution < 1.29 is 9.53 Å². The Balaban J connectivity index is 2.68. The van der Waals surface area contributed by atoms with Crippen molar-refractivity contribution in [1.82, 2.24) is 4.98 Å². The number of carbonyl (C=O) groups is 1. The van der Waals surface area contributed by atoms with Crippen LogP contribution in [0.15, 0.2) is 29.1 Å². The van der Waals surface area contributed by atoms with E-state index < -0.39 is 5.97 Å². The molecule has 1 aromatic carbocycles. The van der Waals surface area contributed by atoms with Crippen LogP contribution in [0, 0.1) is 0 Å². The summed E-state index contributed by atoms with van der Waals surface area (Å²) in [6, 6.07) is 7.26. The van der Waals surface area contributed by atoms with E-state index in [9.17, 15) is 9.59 Å². The van der Waals surface area contributed by atoms with Crippen LogP contribution in [0.5, 0.6) is 0 Å². The van der Waals surface area contributed by atoms with Gasteiger partial charge in [-0.15, -0.1) is 0 Å². The first-order valence-corrected chi connectivity index (χ1v) is 5.40. The van der Waals surface area contributed by atoms with E-state index in [0.717, 1.165) is 17.4 Å². The molecule has 17 heavy (non-hydrogen) atoms. The van der Waals surface area contributed by atoms with Gasteiger partial charge in [0.25, 0.3) is 5.56 Å². The molecule has 0 fully saturated rings. The van der Waals surface area contributed by atoms with Crippen molar-refractivity contribution in [3.05, 3.63) is 45.9 Å². The van der Waals surface area contributed by atoms with Crippen LogP contribution < -0.4 is 5.56 Å². The predicted octanol–water partition coefficient (Wildman–Crippen LogP) is 1.88. The van der Waals surface area contributed by atoms with E-state index in [-0.39, 0.29) is 11.3 Å². The van der Waals surface area contributed by atoms with Gasteiger partial charge in [-0.3, -0.25) is 4.79 Å². The van der Waals surface area contributed by atoms with Gasteiger partial charge in [0, 0.05) is 5.39 Å². The molecular weight excluding hydrogens is 218 g/mol. The second-order valence-corrected chi connectivity index (χ2v) is 3.78. The monoisotopic (exact) mass is 231 g/mol. The van der Waals surface area contributed by atoms with Crippen LogP contribution in [0.25, 0.3) is 10.8 Å². The molecule has 0 unspecified atom stereocenters. The molecule has 1 N–H and O–H groups in total. The van der Waals surface area contributed by atoms with Gasteiger partial charge in [-0.2, -0.15) is 0 Å². The molecule has 0 radical (unpaired) electrons. The van der Waals surface area contributed by atoms with Gasteiger partial charge in [-0.05, 0) is 29.5 Å². The first-order chi connectivity index (χ1) is 8.15. The van der Waals surface area contributed by atoms with E-state index >= 15 is 0 Å². The van der Waals surface area contributed by atoms with Crippen molar-refractivity contribution in [3.8, 4) is 0 Å². The van der Waals surface area contributed by atoms with Crippen molar-refractivity contribution >= 4 is 16.7 Å². The molecule has 0 aliphatic heterocycles. The topological polar surface area (TPSA) is 59.2 Å². The van der Waals surface area contributed by atoms with E-state index in [4.69, 9.17) is 0 Å². The molecule has 4 nitrogen and oxygen atoms in total. The van der Waals surface area contributed by atoms with Gasteiger partial charge >= 0.3 is 5.97 Å². The number of ether oxygens (including phenoxy) is 1. The summed E-state index contributed by atoms with van der Waals surface area (Å²) in [4.78, 5) is 25.7. The molecule has 0 aliphatic rings. The highest BCUT2D eigenvalue weighted by molar-refractivity contribution is 5.93. The first kappa shape index (κ1) is 11.4. The van der Waals surface area contributed by atoms with Gasteiger partial charge in [0.15, 0.2) is 0 Å². The summed E-state index contributed by atoms with van der Waals surface area (Å²) in [6.45, 7) is 2.03. The fraction of sp³-hybridized carbons (Fsp3) is 0.231. The minimum atomic E-state index is -0.538. The average molecular weight is 231 g/mol. The van der Waals surface area contributed by atoms with Crippen molar-refractivity contribution in [1.29, 1.82) is 0 Å². The summed E-state index contributed by atoms with van der Waals surface area (Å²) in [6.07, 6.45) is 0.869. The maximum atomic E-state index is 11.8. The molecule has 2 aromatic rings. The second-order valence-electron chi connectivity index (χ2n) is 3.78. The fourth-order valence-electron chi connectivity index (χ4n) is 1.75. The number of esters is 1. The largest absolute Gasteiger partial charge is 0.464 e. The van der Waals surface area contributed by atoms with E-state index in [2.05, 4.69) is 9.72 Å². The van der Waals surface area contributed by atoms with Crippen molar-refractivity contribution in [2.75, 3.05) is 7.11 Å². The third-order valence-electron chi connectivity index (χ3n) is 2.72. The van der Waals surface area contributed by atoms with Gasteiger partial charge in [0.2, 0.25) is 0 Å². The smallest absolute Gasteiger partial charge is 0.354 e. The quantitative estimate of drug-likeness (QED) is 0.803. The number of methoxy groups -OCH3 is 1. The maximum Gasteiger partial charge on any atom is 0.354 e. The predicted molar refractivity (Wildman–Crippen MR) is 65.3 cm³/mol. The Hall–Kier alpha value is -2.10. The van der Waals surface area contributed by atoms with E-state index in [1.54, 1.807) is 6.07 Å². The third kappa shape index (κ3) is 2.06. The van der Waals surface area contributed by atoms with Crippen molar-refractivity contribution in [2.45, 2.75) is 13.3 Å². The number of aromatic amines is 1. The number of H-pyrrole nitrogens is 1. The third-order valence-corrected chi connectivity index (χ3v) is 2.72. The van der Waals surface area contributed by atoms with E-state index in [1.807, 2.05) is 25.1 Å². The standard InChI is InChI=1S/C13H13NO3/c1-3-8-4-5-9-7-11(13(16)17-2)14-12(15)10(9)6-8/h4-7H,3H2,1-2H3,(H,14,15). The summed E-state index contributed by atoms with van der Waals surface area (Å²) in [5.41, 5.74) is 1.00. The number of benzene rings is 1. The van der Waals surface area contributed by atoms with Gasteiger partial charge in [0.1, 0.15) is 5.69 Å². The second kappa shape index (κ2) is 4.41. The zero-order chi connectivity index (χ0) is 12.4. The van der Waals surface area contributed by atoms with Crippen LogP contribution in [0.2, 0.25) is 0 Å². The summed E-state index contributed by atoms with van der Waals surface area (Å²) < 4.78 is 4.58. The molecule has 0 saturated heterocycles. The molecule has 88 valence electrons. The lowest BCUT2D eigenvalue weighted by Gasteiger charge is -2.03. The molecule has 0 aliphatic carbocycles. The molecule has 4 heteroatoms. The number of aromatic nitrogens is 1. The van der Waals surface area contributed by atoms with Gasteiger partial charge in [-0.1, -0.05) is 19.1 Å². The van der Waals surface area contributed by atoms with E-state index in [0.29, 0.717) is 5.39 Å². The lowest BCUT2D eigenvalue weighted by atomic mass is 10.1. The average Bonchev–Trinajstić information content (AvgIpc) is 2.37. The number of fused-ring (bicyclic) bond motifs is 1. The molecule has 1 aromatic heterocycles. The lowest BCUT2D eigenvalue weighted by molar-refractivity contribution is 0.0594. The molecule has 0 saturated carbocycles. The SMILES string of the molecule is CCc1ccc2cc(C(=O)OC)[nH]c(=O)c2c1. The van der Waals surface area contributed by atoms with Crippen LogP contribution in [-0.4, -0.2) is 18.1 Å². The Kier molecular flexibility index (Phi) is 2.95. The normalized spacial score (nSPS) is 10.5. The molecule has 0 amide bonds. The Labute approximate surface area is 98.2 Å². The minimum absolute atomic E-state index is 0.175. The summed E-state index contributed by atoms with van der Waals surface area (Å²) in [5.74, 6) is -0.538. The molecule has 0 bridgehead atoms. The number of aryl methyl sites for hydroxylation is 1. The Morgan fingerprint density at radius 2 is 2.12 bits per heavy atom. The highest BCUT2D eigenvalue weighted by Crippen LogP contribution is 2.14. The molecular formula is C13H13NO3. The molecule has 0 atom stereocenters. The van der Waals surface area contributed by atoms with Gasteiger partial charge in [0.05, 0.1) is 7.11 Å². The Bertz CT molecular complexity index is 628. The Morgan fingerprint density at radius 3 is 2.76 bits per heavy atom. The van der Waals surface area contributed by atoms with Gasteiger partial charge in [-0.25, -0.2) is 4.79 Å². The van der Waals surface area contributed by atoms with Crippen molar-refractivity contribution in [3.63, 3.8) is 0 Å². The summed E-state index contributed by atoms with van der Waals surface area (Å²) in [7, 11) is 1.28. The number of hydrogen-bond acceptors (Lipinski definition) is 3. The number of nitrogens with one attached hydrogen (secondary N) is 1. The minimum Gasteiger partial charge on any atom is -0.464 e. The van der Waals surface area contributed by atoms with Gasteiger partial charge < -0.3 is 9.72 Å². The van der Waals surface area contributed by atoms with Crippen LogP contribution in [0.3, 0.4) is 0 Å². The van der Waals surface area contributed by atoms with Crippen LogP contribution in [-0.2, 0) is 11.2 Å². The van der Waals surface area contributed by atoms with Crippen molar-refractivity contribution in [2.24, 2.45) is 0 Å². The zero-order valence-corrected chi connectivity index (χ0v) is 9.74. The molecule has 2 rings (SSSR count). The number of pyridine rings is 1. The first-order valence-electron chi connectivity index (χ1n) is 5.40. The molecule has 1 heterocycles. The summed E-state index contributed by atoms with van der Waals surface area (Å²) >= 11 is 0. The summed E-state index contributed by atoms with van der Waals surface area (Å²) in [5, 5.41) is 1.34.